The fourth-order valence-corrected chi connectivity index (χ4v) is 3.91. The van der Waals surface area contributed by atoms with Crippen LogP contribution in [0.25, 0.3) is 0 Å². The Labute approximate surface area is 188 Å². The van der Waals surface area contributed by atoms with E-state index in [1.54, 1.807) is 0 Å². The van der Waals surface area contributed by atoms with Gasteiger partial charge in [-0.15, -0.1) is 0 Å². The summed E-state index contributed by atoms with van der Waals surface area (Å²) in [7, 11) is 0. The molecule has 32 heavy (non-hydrogen) atoms. The number of benzene rings is 1. The lowest BCUT2D eigenvalue weighted by molar-refractivity contribution is -0.133. The first-order valence-electron chi connectivity index (χ1n) is 11.1. The van der Waals surface area contributed by atoms with E-state index < -0.39 is 41.4 Å². The standard InChI is InChI=1S/C23H32N4O5/c1-15(2)13-17(19(28)26-23(10-11-23)21(24)30)25-20(29)18-9-6-12-27(18)22(31)32-14-16-7-4-3-5-8-16/h3-5,7-8,15,17-18H,6,9-14H2,1-2H3,(H2,24,30)(H,25,29)(H,26,28)/t17-,18+/m1/s1. The molecule has 0 unspecified atom stereocenters. The summed E-state index contributed by atoms with van der Waals surface area (Å²) in [5, 5.41) is 5.49. The molecule has 1 saturated heterocycles. The molecule has 1 heterocycles. The van der Waals surface area contributed by atoms with Gasteiger partial charge in [0.25, 0.3) is 0 Å². The second kappa shape index (κ2) is 10.0. The molecule has 0 bridgehead atoms. The Bertz CT molecular complexity index is 853. The van der Waals surface area contributed by atoms with Crippen LogP contribution in [-0.2, 0) is 25.7 Å². The monoisotopic (exact) mass is 444 g/mol. The molecule has 0 radical (unpaired) electrons. The molecule has 1 aromatic carbocycles. The Morgan fingerprint density at radius 1 is 1.19 bits per heavy atom. The normalized spacial score (nSPS) is 19.8. The van der Waals surface area contributed by atoms with Crippen LogP contribution in [0.4, 0.5) is 4.79 Å². The van der Waals surface area contributed by atoms with Crippen molar-refractivity contribution < 1.29 is 23.9 Å². The third-order valence-electron chi connectivity index (χ3n) is 5.92. The molecule has 4 N–H and O–H groups in total. The van der Waals surface area contributed by atoms with Crippen LogP contribution < -0.4 is 16.4 Å². The van der Waals surface area contributed by atoms with E-state index in [0.717, 1.165) is 5.56 Å². The molecular formula is C23H32N4O5. The molecule has 1 aliphatic heterocycles. The van der Waals surface area contributed by atoms with Crippen molar-refractivity contribution in [3.8, 4) is 0 Å². The van der Waals surface area contributed by atoms with Crippen molar-refractivity contribution in [2.24, 2.45) is 11.7 Å². The minimum Gasteiger partial charge on any atom is -0.445 e. The van der Waals surface area contributed by atoms with Crippen LogP contribution in [0.3, 0.4) is 0 Å². The summed E-state index contributed by atoms with van der Waals surface area (Å²) in [5.74, 6) is -1.27. The molecule has 2 aliphatic rings. The maximum Gasteiger partial charge on any atom is 0.410 e. The van der Waals surface area contributed by atoms with Crippen LogP contribution in [0.15, 0.2) is 30.3 Å². The third kappa shape index (κ3) is 5.77. The van der Waals surface area contributed by atoms with E-state index in [9.17, 15) is 19.2 Å². The molecule has 2 fully saturated rings. The van der Waals surface area contributed by atoms with Crippen LogP contribution in [0.1, 0.15) is 51.5 Å². The molecule has 174 valence electrons. The van der Waals surface area contributed by atoms with Gasteiger partial charge >= 0.3 is 6.09 Å². The number of hydrogen-bond acceptors (Lipinski definition) is 5. The van der Waals surface area contributed by atoms with Crippen molar-refractivity contribution in [3.63, 3.8) is 0 Å². The zero-order chi connectivity index (χ0) is 23.3. The first-order chi connectivity index (χ1) is 15.2. The van der Waals surface area contributed by atoms with Crippen LogP contribution in [0.5, 0.6) is 0 Å². The summed E-state index contributed by atoms with van der Waals surface area (Å²) < 4.78 is 5.39. The van der Waals surface area contributed by atoms with Crippen molar-refractivity contribution in [1.82, 2.24) is 15.5 Å². The van der Waals surface area contributed by atoms with E-state index in [2.05, 4.69) is 10.6 Å². The van der Waals surface area contributed by atoms with E-state index in [1.807, 2.05) is 44.2 Å². The number of carbonyl (C=O) groups is 4. The Morgan fingerprint density at radius 3 is 2.47 bits per heavy atom. The highest BCUT2D eigenvalue weighted by atomic mass is 16.6. The summed E-state index contributed by atoms with van der Waals surface area (Å²) in [6, 6.07) is 7.79. The predicted octanol–water partition coefficient (Wildman–Crippen LogP) is 1.45. The van der Waals surface area contributed by atoms with E-state index in [-0.39, 0.29) is 12.5 Å². The number of likely N-dealkylation sites (tertiary alicyclic amines) is 1. The molecule has 0 spiro atoms. The molecule has 1 saturated carbocycles. The van der Waals surface area contributed by atoms with Gasteiger partial charge in [0.1, 0.15) is 24.2 Å². The lowest BCUT2D eigenvalue weighted by atomic mass is 10.0. The average molecular weight is 445 g/mol. The highest BCUT2D eigenvalue weighted by Crippen LogP contribution is 2.35. The number of amides is 4. The molecule has 9 nitrogen and oxygen atoms in total. The zero-order valence-electron chi connectivity index (χ0n) is 18.6. The van der Waals surface area contributed by atoms with Gasteiger partial charge in [0, 0.05) is 6.54 Å². The van der Waals surface area contributed by atoms with Crippen molar-refractivity contribution in [2.45, 2.75) is 70.2 Å². The predicted molar refractivity (Wildman–Crippen MR) is 117 cm³/mol. The number of nitrogens with two attached hydrogens (primary N) is 1. The second-order valence-corrected chi connectivity index (χ2v) is 9.02. The second-order valence-electron chi connectivity index (χ2n) is 9.02. The number of nitrogens with one attached hydrogen (secondary N) is 2. The lowest BCUT2D eigenvalue weighted by Crippen LogP contribution is -2.57. The number of primary amides is 1. The molecule has 0 aromatic heterocycles. The third-order valence-corrected chi connectivity index (χ3v) is 5.92. The van der Waals surface area contributed by atoms with E-state index in [1.165, 1.54) is 4.90 Å². The smallest absolute Gasteiger partial charge is 0.410 e. The number of nitrogens with zero attached hydrogens (tertiary/aromatic N) is 1. The Kier molecular flexibility index (Phi) is 7.37. The quantitative estimate of drug-likeness (QED) is 0.531. The van der Waals surface area contributed by atoms with Gasteiger partial charge in [-0.1, -0.05) is 44.2 Å². The van der Waals surface area contributed by atoms with Crippen molar-refractivity contribution >= 4 is 23.8 Å². The topological polar surface area (TPSA) is 131 Å². The first kappa shape index (κ1) is 23.6. The van der Waals surface area contributed by atoms with Crippen molar-refractivity contribution in [3.05, 3.63) is 35.9 Å². The fourth-order valence-electron chi connectivity index (χ4n) is 3.91. The Hall–Kier alpha value is -3.10. The number of rotatable bonds is 9. The number of hydrogen-bond donors (Lipinski definition) is 3. The van der Waals surface area contributed by atoms with Gasteiger partial charge < -0.3 is 21.1 Å². The number of carbonyl (C=O) groups excluding carboxylic acids is 4. The largest absolute Gasteiger partial charge is 0.445 e. The van der Waals surface area contributed by atoms with Gasteiger partial charge in [0.05, 0.1) is 0 Å². The fraction of sp³-hybridized carbons (Fsp3) is 0.565. The van der Waals surface area contributed by atoms with Crippen LogP contribution >= 0.6 is 0 Å². The maximum atomic E-state index is 13.0. The summed E-state index contributed by atoms with van der Waals surface area (Å²) >= 11 is 0. The van der Waals surface area contributed by atoms with Crippen molar-refractivity contribution in [2.75, 3.05) is 6.54 Å². The van der Waals surface area contributed by atoms with E-state index in [0.29, 0.717) is 38.6 Å². The minimum atomic E-state index is -1.00. The highest BCUT2D eigenvalue weighted by Gasteiger charge is 2.50. The van der Waals surface area contributed by atoms with Crippen LogP contribution in [0, 0.1) is 5.92 Å². The van der Waals surface area contributed by atoms with Gasteiger partial charge in [-0.3, -0.25) is 19.3 Å². The summed E-state index contributed by atoms with van der Waals surface area (Å²) in [6.45, 7) is 4.42. The van der Waals surface area contributed by atoms with Gasteiger partial charge in [-0.25, -0.2) is 4.79 Å². The maximum absolute atomic E-state index is 13.0. The molecule has 4 amide bonds. The summed E-state index contributed by atoms with van der Waals surface area (Å²) in [6.07, 6.45) is 2.01. The molecule has 2 atom stereocenters. The molecule has 1 aromatic rings. The van der Waals surface area contributed by atoms with E-state index >= 15 is 0 Å². The minimum absolute atomic E-state index is 0.123. The zero-order valence-corrected chi connectivity index (χ0v) is 18.6. The van der Waals surface area contributed by atoms with Crippen LogP contribution in [-0.4, -0.2) is 52.9 Å². The SMILES string of the molecule is CC(C)C[C@@H](NC(=O)[C@@H]1CCCN1C(=O)OCc1ccccc1)C(=O)NC1(C(N)=O)CC1. The Morgan fingerprint density at radius 2 is 1.88 bits per heavy atom. The van der Waals surface area contributed by atoms with Crippen molar-refractivity contribution in [1.29, 1.82) is 0 Å². The molecule has 1 aliphatic carbocycles. The molecule has 9 heteroatoms. The van der Waals surface area contributed by atoms with Gasteiger partial charge in [0.2, 0.25) is 17.7 Å². The molecule has 3 rings (SSSR count). The number of ether oxygens (including phenoxy) is 1. The highest BCUT2D eigenvalue weighted by molar-refractivity contribution is 5.96. The van der Waals surface area contributed by atoms with Crippen LogP contribution in [0.2, 0.25) is 0 Å². The average Bonchev–Trinajstić information content (AvgIpc) is 3.37. The van der Waals surface area contributed by atoms with Gasteiger partial charge in [0.15, 0.2) is 0 Å². The molecular weight excluding hydrogens is 412 g/mol. The Balaban J connectivity index is 1.60. The first-order valence-corrected chi connectivity index (χ1v) is 11.1. The summed E-state index contributed by atoms with van der Waals surface area (Å²) in [4.78, 5) is 51.5. The van der Waals surface area contributed by atoms with E-state index in [4.69, 9.17) is 10.5 Å². The summed E-state index contributed by atoms with van der Waals surface area (Å²) in [5.41, 5.74) is 5.26. The van der Waals surface area contributed by atoms with Gasteiger partial charge in [-0.05, 0) is 43.6 Å². The van der Waals surface area contributed by atoms with Gasteiger partial charge in [-0.2, -0.15) is 0 Å². The lowest BCUT2D eigenvalue weighted by Gasteiger charge is -2.27.